The van der Waals surface area contributed by atoms with Crippen molar-refractivity contribution in [3.63, 3.8) is 0 Å². The van der Waals surface area contributed by atoms with Crippen LogP contribution in [0.4, 0.5) is 5.69 Å². The molecule has 2 aromatic heterocycles. The fraction of sp³-hybridized carbons (Fsp3) is 0.154. The minimum Gasteiger partial charge on any atom is -0.472 e. The summed E-state index contributed by atoms with van der Waals surface area (Å²) >= 11 is 0. The lowest BCUT2D eigenvalue weighted by Gasteiger charge is -2.04. The van der Waals surface area contributed by atoms with E-state index < -0.39 is 0 Å². The zero-order chi connectivity index (χ0) is 11.7. The highest BCUT2D eigenvalue weighted by Gasteiger charge is 2.01. The molecule has 0 saturated carbocycles. The van der Waals surface area contributed by atoms with Crippen molar-refractivity contribution in [2.75, 3.05) is 5.32 Å². The summed E-state index contributed by atoms with van der Waals surface area (Å²) in [7, 11) is 0. The molecule has 3 rings (SSSR count). The van der Waals surface area contributed by atoms with Crippen molar-refractivity contribution in [3.8, 4) is 0 Å². The van der Waals surface area contributed by atoms with E-state index >= 15 is 0 Å². The number of nitrogens with one attached hydrogen (secondary N) is 2. The number of hydrogen-bond acceptors (Lipinski definition) is 3. The number of furan rings is 1. The minimum atomic E-state index is 0.759. The van der Waals surface area contributed by atoms with Crippen molar-refractivity contribution in [1.82, 2.24) is 9.97 Å². The molecule has 0 unspecified atom stereocenters. The molecule has 0 aliphatic carbocycles. The van der Waals surface area contributed by atoms with Crippen LogP contribution in [0.3, 0.4) is 0 Å². The number of anilines is 1. The minimum absolute atomic E-state index is 0.759. The number of H-pyrrole nitrogens is 1. The van der Waals surface area contributed by atoms with Crippen LogP contribution in [0, 0.1) is 6.92 Å². The van der Waals surface area contributed by atoms with Gasteiger partial charge in [0.1, 0.15) is 5.82 Å². The summed E-state index contributed by atoms with van der Waals surface area (Å²) in [6, 6.07) is 8.06. The Morgan fingerprint density at radius 1 is 1.35 bits per heavy atom. The summed E-state index contributed by atoms with van der Waals surface area (Å²) in [5, 5.41) is 3.34. The molecule has 0 aliphatic heterocycles. The maximum Gasteiger partial charge on any atom is 0.104 e. The van der Waals surface area contributed by atoms with E-state index in [1.165, 1.54) is 0 Å². The highest BCUT2D eigenvalue weighted by atomic mass is 16.3. The van der Waals surface area contributed by atoms with E-state index in [1.54, 1.807) is 12.5 Å². The lowest BCUT2D eigenvalue weighted by molar-refractivity contribution is 0.564. The largest absolute Gasteiger partial charge is 0.472 e. The zero-order valence-electron chi connectivity index (χ0n) is 9.53. The summed E-state index contributed by atoms with van der Waals surface area (Å²) in [4.78, 5) is 7.59. The smallest absolute Gasteiger partial charge is 0.104 e. The van der Waals surface area contributed by atoms with Crippen LogP contribution in [0.25, 0.3) is 11.0 Å². The van der Waals surface area contributed by atoms with E-state index in [9.17, 15) is 0 Å². The van der Waals surface area contributed by atoms with Gasteiger partial charge in [-0.25, -0.2) is 4.98 Å². The second-order valence-electron chi connectivity index (χ2n) is 4.04. The molecule has 0 radical (unpaired) electrons. The Labute approximate surface area is 98.7 Å². The molecule has 1 aromatic carbocycles. The molecular formula is C13H13N3O. The number of aromatic nitrogens is 2. The predicted octanol–water partition coefficient (Wildman–Crippen LogP) is 3.08. The summed E-state index contributed by atoms with van der Waals surface area (Å²) in [6.45, 7) is 2.72. The lowest BCUT2D eigenvalue weighted by atomic mass is 10.2. The van der Waals surface area contributed by atoms with Gasteiger partial charge in [-0.05, 0) is 31.2 Å². The molecule has 0 bridgehead atoms. The monoisotopic (exact) mass is 227 g/mol. The van der Waals surface area contributed by atoms with Crippen LogP contribution < -0.4 is 5.32 Å². The van der Waals surface area contributed by atoms with Crippen molar-refractivity contribution in [3.05, 3.63) is 48.2 Å². The van der Waals surface area contributed by atoms with E-state index in [0.717, 1.165) is 34.7 Å². The molecule has 2 heterocycles. The van der Waals surface area contributed by atoms with Gasteiger partial charge in [0.15, 0.2) is 0 Å². The number of imidazole rings is 1. The molecule has 4 heteroatoms. The first kappa shape index (κ1) is 9.96. The molecule has 0 amide bonds. The first-order chi connectivity index (χ1) is 8.31. The molecule has 86 valence electrons. The van der Waals surface area contributed by atoms with Crippen molar-refractivity contribution in [2.45, 2.75) is 13.5 Å². The number of benzene rings is 1. The highest BCUT2D eigenvalue weighted by Crippen LogP contribution is 2.17. The van der Waals surface area contributed by atoms with Crippen molar-refractivity contribution in [1.29, 1.82) is 0 Å². The van der Waals surface area contributed by atoms with Crippen LogP contribution in [0.2, 0.25) is 0 Å². The third-order valence-electron chi connectivity index (χ3n) is 2.68. The fourth-order valence-electron chi connectivity index (χ4n) is 1.84. The normalized spacial score (nSPS) is 10.9. The van der Waals surface area contributed by atoms with Gasteiger partial charge in [-0.15, -0.1) is 0 Å². The maximum absolute atomic E-state index is 5.02. The number of hydrogen-bond donors (Lipinski definition) is 2. The molecule has 0 saturated heterocycles. The molecule has 3 aromatic rings. The van der Waals surface area contributed by atoms with Gasteiger partial charge in [0.2, 0.25) is 0 Å². The SMILES string of the molecule is Cc1nc2ccc(NCc3ccoc3)cc2[nH]1. The van der Waals surface area contributed by atoms with Crippen LogP contribution in [0.1, 0.15) is 11.4 Å². The van der Waals surface area contributed by atoms with Crippen LogP contribution in [-0.2, 0) is 6.54 Å². The van der Waals surface area contributed by atoms with Crippen LogP contribution in [-0.4, -0.2) is 9.97 Å². The van der Waals surface area contributed by atoms with Gasteiger partial charge in [0, 0.05) is 17.8 Å². The number of aromatic amines is 1. The van der Waals surface area contributed by atoms with Crippen molar-refractivity contribution >= 4 is 16.7 Å². The van der Waals surface area contributed by atoms with Gasteiger partial charge in [-0.3, -0.25) is 0 Å². The van der Waals surface area contributed by atoms with Crippen LogP contribution in [0.15, 0.2) is 41.2 Å². The highest BCUT2D eigenvalue weighted by molar-refractivity contribution is 5.79. The maximum atomic E-state index is 5.02. The molecule has 17 heavy (non-hydrogen) atoms. The summed E-state index contributed by atoms with van der Waals surface area (Å²) < 4.78 is 5.02. The molecular weight excluding hydrogens is 214 g/mol. The van der Waals surface area contributed by atoms with E-state index in [1.807, 2.05) is 25.1 Å². The molecule has 2 N–H and O–H groups in total. The summed E-state index contributed by atoms with van der Waals surface area (Å²) in [6.07, 6.45) is 3.42. The Morgan fingerprint density at radius 3 is 3.12 bits per heavy atom. The zero-order valence-corrected chi connectivity index (χ0v) is 9.53. The number of fused-ring (bicyclic) bond motifs is 1. The Balaban J connectivity index is 1.81. The molecule has 0 spiro atoms. The van der Waals surface area contributed by atoms with E-state index in [4.69, 9.17) is 4.42 Å². The van der Waals surface area contributed by atoms with Gasteiger partial charge >= 0.3 is 0 Å². The van der Waals surface area contributed by atoms with Crippen molar-refractivity contribution < 1.29 is 4.42 Å². The first-order valence-electron chi connectivity index (χ1n) is 5.52. The summed E-state index contributed by atoms with van der Waals surface area (Å²) in [5.41, 5.74) is 4.25. The van der Waals surface area contributed by atoms with Gasteiger partial charge < -0.3 is 14.7 Å². The number of rotatable bonds is 3. The Kier molecular flexibility index (Phi) is 2.33. The average molecular weight is 227 g/mol. The second-order valence-corrected chi connectivity index (χ2v) is 4.04. The molecule has 0 aliphatic rings. The topological polar surface area (TPSA) is 53.9 Å². The Bertz CT molecular complexity index is 625. The second kappa shape index (κ2) is 3.97. The van der Waals surface area contributed by atoms with E-state index in [-0.39, 0.29) is 0 Å². The lowest BCUT2D eigenvalue weighted by Crippen LogP contribution is -1.97. The Morgan fingerprint density at radius 2 is 2.29 bits per heavy atom. The number of nitrogens with zero attached hydrogens (tertiary/aromatic N) is 1. The standard InChI is InChI=1S/C13H13N3O/c1-9-15-12-3-2-11(6-13(12)16-9)14-7-10-4-5-17-8-10/h2-6,8,14H,7H2,1H3,(H,15,16). The third-order valence-corrected chi connectivity index (χ3v) is 2.68. The average Bonchev–Trinajstić information content (AvgIpc) is 2.92. The Hall–Kier alpha value is -2.23. The van der Waals surface area contributed by atoms with Gasteiger partial charge in [0.25, 0.3) is 0 Å². The third kappa shape index (κ3) is 2.01. The van der Waals surface area contributed by atoms with E-state index in [2.05, 4.69) is 21.4 Å². The fourth-order valence-corrected chi connectivity index (χ4v) is 1.84. The van der Waals surface area contributed by atoms with Crippen molar-refractivity contribution in [2.24, 2.45) is 0 Å². The first-order valence-corrected chi connectivity index (χ1v) is 5.52. The van der Waals surface area contributed by atoms with Crippen LogP contribution in [0.5, 0.6) is 0 Å². The molecule has 0 atom stereocenters. The van der Waals surface area contributed by atoms with E-state index in [0.29, 0.717) is 0 Å². The molecule has 0 fully saturated rings. The summed E-state index contributed by atoms with van der Waals surface area (Å²) in [5.74, 6) is 0.937. The van der Waals surface area contributed by atoms with Gasteiger partial charge in [-0.1, -0.05) is 0 Å². The van der Waals surface area contributed by atoms with Gasteiger partial charge in [0.05, 0.1) is 23.6 Å². The van der Waals surface area contributed by atoms with Crippen LogP contribution >= 0.6 is 0 Å². The molecule has 4 nitrogen and oxygen atoms in total. The quantitative estimate of drug-likeness (QED) is 0.723. The predicted molar refractivity (Wildman–Crippen MR) is 66.9 cm³/mol. The van der Waals surface area contributed by atoms with Gasteiger partial charge in [-0.2, -0.15) is 0 Å². The number of aryl methyl sites for hydroxylation is 1.